The van der Waals surface area contributed by atoms with E-state index in [0.717, 1.165) is 19.3 Å². The second-order valence-electron chi connectivity index (χ2n) is 5.74. The molecule has 7 heteroatoms. The Hall–Kier alpha value is -2.18. The van der Waals surface area contributed by atoms with Gasteiger partial charge in [-0.1, -0.05) is 12.2 Å². The average molecular weight is 304 g/mol. The van der Waals surface area contributed by atoms with Crippen LogP contribution < -0.4 is 5.32 Å². The second-order valence-corrected chi connectivity index (χ2v) is 5.74. The normalized spacial score (nSPS) is 24.8. The molecular formula is C15H20N4O3. The van der Waals surface area contributed by atoms with Gasteiger partial charge in [-0.15, -0.1) is 10.2 Å². The van der Waals surface area contributed by atoms with Crippen LogP contribution in [0.15, 0.2) is 16.6 Å². The van der Waals surface area contributed by atoms with E-state index in [1.165, 1.54) is 0 Å². The van der Waals surface area contributed by atoms with Crippen LogP contribution in [0.1, 0.15) is 37.5 Å². The number of carbonyl (C=O) groups is 2. The van der Waals surface area contributed by atoms with Gasteiger partial charge in [0.1, 0.15) is 5.92 Å². The van der Waals surface area contributed by atoms with Crippen LogP contribution in [0.4, 0.5) is 0 Å². The Bertz CT molecular complexity index is 595. The average Bonchev–Trinajstić information content (AvgIpc) is 3.12. The van der Waals surface area contributed by atoms with E-state index in [-0.39, 0.29) is 24.4 Å². The van der Waals surface area contributed by atoms with Crippen molar-refractivity contribution in [2.45, 2.75) is 45.2 Å². The van der Waals surface area contributed by atoms with E-state index < -0.39 is 5.92 Å². The highest BCUT2D eigenvalue weighted by Crippen LogP contribution is 2.26. The van der Waals surface area contributed by atoms with Crippen LogP contribution in [0.25, 0.3) is 0 Å². The number of aryl methyl sites for hydroxylation is 1. The lowest BCUT2D eigenvalue weighted by molar-refractivity contribution is -0.139. The van der Waals surface area contributed by atoms with E-state index in [4.69, 9.17) is 4.42 Å². The van der Waals surface area contributed by atoms with Crippen LogP contribution in [0.3, 0.4) is 0 Å². The third kappa shape index (κ3) is 3.03. The van der Waals surface area contributed by atoms with Crippen molar-refractivity contribution in [1.82, 2.24) is 20.4 Å². The standard InChI is InChI=1S/C15H20N4O3/c1-10-17-18-13(22-10)9-16-14(20)12-7-8-19(15(12)21)11-5-3-2-4-6-11/h2-3,11-12H,4-9H2,1H3,(H,16,20). The van der Waals surface area contributed by atoms with Crippen LogP contribution in [0.2, 0.25) is 0 Å². The van der Waals surface area contributed by atoms with E-state index in [2.05, 4.69) is 27.7 Å². The summed E-state index contributed by atoms with van der Waals surface area (Å²) < 4.78 is 5.20. The van der Waals surface area contributed by atoms with Crippen LogP contribution in [0, 0.1) is 12.8 Å². The van der Waals surface area contributed by atoms with E-state index in [9.17, 15) is 9.59 Å². The van der Waals surface area contributed by atoms with Gasteiger partial charge in [-0.3, -0.25) is 9.59 Å². The Morgan fingerprint density at radius 2 is 2.27 bits per heavy atom. The van der Waals surface area contributed by atoms with Gasteiger partial charge in [0.25, 0.3) is 0 Å². The van der Waals surface area contributed by atoms with Gasteiger partial charge in [-0.2, -0.15) is 0 Å². The molecule has 0 radical (unpaired) electrons. The Morgan fingerprint density at radius 3 is 2.95 bits per heavy atom. The summed E-state index contributed by atoms with van der Waals surface area (Å²) in [6.45, 7) is 2.51. The molecule has 1 fully saturated rings. The molecule has 1 aliphatic heterocycles. The highest BCUT2D eigenvalue weighted by atomic mass is 16.4. The third-order valence-electron chi connectivity index (χ3n) is 4.22. The Balaban J connectivity index is 1.55. The zero-order chi connectivity index (χ0) is 15.5. The Labute approximate surface area is 128 Å². The number of nitrogens with one attached hydrogen (secondary N) is 1. The van der Waals surface area contributed by atoms with Crippen molar-refractivity contribution in [2.75, 3.05) is 6.54 Å². The van der Waals surface area contributed by atoms with Gasteiger partial charge in [-0.05, 0) is 25.7 Å². The molecule has 2 aliphatic rings. The van der Waals surface area contributed by atoms with Gasteiger partial charge in [0.05, 0.1) is 6.54 Å². The zero-order valence-electron chi connectivity index (χ0n) is 12.6. The summed E-state index contributed by atoms with van der Waals surface area (Å²) >= 11 is 0. The number of aromatic nitrogens is 2. The van der Waals surface area contributed by atoms with Gasteiger partial charge in [0.2, 0.25) is 23.6 Å². The number of allylic oxidation sites excluding steroid dienone is 1. The van der Waals surface area contributed by atoms with Crippen LogP contribution in [0.5, 0.6) is 0 Å². The first-order chi connectivity index (χ1) is 10.6. The lowest BCUT2D eigenvalue weighted by Crippen LogP contribution is -2.41. The van der Waals surface area contributed by atoms with E-state index in [1.54, 1.807) is 6.92 Å². The molecule has 2 unspecified atom stereocenters. The topological polar surface area (TPSA) is 88.3 Å². The molecule has 3 rings (SSSR count). The fourth-order valence-electron chi connectivity index (χ4n) is 3.06. The van der Waals surface area contributed by atoms with Gasteiger partial charge in [-0.25, -0.2) is 0 Å². The summed E-state index contributed by atoms with van der Waals surface area (Å²) in [5, 5.41) is 10.2. The second kappa shape index (κ2) is 6.29. The molecule has 2 amide bonds. The number of likely N-dealkylation sites (tertiary alicyclic amines) is 1. The smallest absolute Gasteiger partial charge is 0.235 e. The van der Waals surface area contributed by atoms with E-state index in [1.807, 2.05) is 4.90 Å². The summed E-state index contributed by atoms with van der Waals surface area (Å²) in [6.07, 6.45) is 7.72. The molecular weight excluding hydrogens is 284 g/mol. The van der Waals surface area contributed by atoms with Crippen molar-refractivity contribution in [1.29, 1.82) is 0 Å². The maximum Gasteiger partial charge on any atom is 0.235 e. The van der Waals surface area contributed by atoms with Gasteiger partial charge in [0.15, 0.2) is 0 Å². The van der Waals surface area contributed by atoms with Gasteiger partial charge < -0.3 is 14.6 Å². The van der Waals surface area contributed by atoms with Crippen molar-refractivity contribution >= 4 is 11.8 Å². The van der Waals surface area contributed by atoms with Crippen LogP contribution in [-0.4, -0.2) is 39.5 Å². The quantitative estimate of drug-likeness (QED) is 0.661. The fraction of sp³-hybridized carbons (Fsp3) is 0.600. The molecule has 118 valence electrons. The largest absolute Gasteiger partial charge is 0.424 e. The van der Waals surface area contributed by atoms with Crippen molar-refractivity contribution in [3.05, 3.63) is 23.9 Å². The number of rotatable bonds is 4. The number of hydrogen-bond acceptors (Lipinski definition) is 5. The van der Waals surface area contributed by atoms with Crippen LogP contribution in [-0.2, 0) is 16.1 Å². The molecule has 0 saturated carbocycles. The number of hydrogen-bond donors (Lipinski definition) is 1. The molecule has 0 spiro atoms. The predicted octanol–water partition coefficient (Wildman–Crippen LogP) is 0.951. The zero-order valence-corrected chi connectivity index (χ0v) is 12.6. The predicted molar refractivity (Wildman–Crippen MR) is 77.5 cm³/mol. The minimum Gasteiger partial charge on any atom is -0.424 e. The molecule has 1 aromatic heterocycles. The summed E-state index contributed by atoms with van der Waals surface area (Å²) in [6, 6.07) is 0.244. The molecule has 2 heterocycles. The molecule has 1 aromatic rings. The maximum absolute atomic E-state index is 12.5. The minimum absolute atomic E-state index is 0.0560. The number of amides is 2. The van der Waals surface area contributed by atoms with Crippen molar-refractivity contribution in [3.63, 3.8) is 0 Å². The molecule has 7 nitrogen and oxygen atoms in total. The van der Waals surface area contributed by atoms with Crippen molar-refractivity contribution in [3.8, 4) is 0 Å². The molecule has 1 saturated heterocycles. The third-order valence-corrected chi connectivity index (χ3v) is 4.22. The summed E-state index contributed by atoms with van der Waals surface area (Å²) in [4.78, 5) is 26.5. The summed E-state index contributed by atoms with van der Waals surface area (Å²) in [5.74, 6) is -0.0903. The maximum atomic E-state index is 12.5. The van der Waals surface area contributed by atoms with Crippen molar-refractivity contribution in [2.24, 2.45) is 5.92 Å². The lowest BCUT2D eigenvalue weighted by Gasteiger charge is -2.28. The number of carbonyl (C=O) groups excluding carboxylic acids is 2. The molecule has 1 N–H and O–H groups in total. The monoisotopic (exact) mass is 304 g/mol. The van der Waals surface area contributed by atoms with E-state index >= 15 is 0 Å². The summed E-state index contributed by atoms with van der Waals surface area (Å²) in [7, 11) is 0. The highest BCUT2D eigenvalue weighted by Gasteiger charge is 2.39. The number of nitrogens with zero attached hydrogens (tertiary/aromatic N) is 3. The van der Waals surface area contributed by atoms with Gasteiger partial charge in [0, 0.05) is 19.5 Å². The molecule has 0 aromatic carbocycles. The fourth-order valence-corrected chi connectivity index (χ4v) is 3.06. The first-order valence-corrected chi connectivity index (χ1v) is 7.67. The molecule has 22 heavy (non-hydrogen) atoms. The van der Waals surface area contributed by atoms with Crippen molar-refractivity contribution < 1.29 is 14.0 Å². The minimum atomic E-state index is -0.588. The van der Waals surface area contributed by atoms with Crippen LogP contribution >= 0.6 is 0 Å². The lowest BCUT2D eigenvalue weighted by atomic mass is 10.0. The van der Waals surface area contributed by atoms with Gasteiger partial charge >= 0.3 is 0 Å². The Kier molecular flexibility index (Phi) is 4.22. The Morgan fingerprint density at radius 1 is 1.41 bits per heavy atom. The molecule has 0 bridgehead atoms. The van der Waals surface area contributed by atoms with E-state index in [0.29, 0.717) is 24.7 Å². The highest BCUT2D eigenvalue weighted by molar-refractivity contribution is 6.01. The SMILES string of the molecule is Cc1nnc(CNC(=O)C2CCN(C3CC=CCC3)C2=O)o1. The molecule has 1 aliphatic carbocycles. The summed E-state index contributed by atoms with van der Waals surface area (Å²) in [5.41, 5.74) is 0. The first kappa shape index (κ1) is 14.7. The first-order valence-electron chi connectivity index (χ1n) is 7.67. The molecule has 2 atom stereocenters.